The number of benzene rings is 1. The van der Waals surface area contributed by atoms with Crippen molar-refractivity contribution in [3.63, 3.8) is 0 Å². The van der Waals surface area contributed by atoms with Gasteiger partial charge in [0, 0.05) is 19.7 Å². The van der Waals surface area contributed by atoms with Crippen molar-refractivity contribution >= 4 is 5.69 Å². The van der Waals surface area contributed by atoms with Crippen LogP contribution in [0.5, 0.6) is 5.75 Å². The van der Waals surface area contributed by atoms with Crippen molar-refractivity contribution in [2.24, 2.45) is 0 Å². The van der Waals surface area contributed by atoms with E-state index in [0.717, 1.165) is 0 Å². The Morgan fingerprint density at radius 3 is 2.70 bits per heavy atom. The van der Waals surface area contributed by atoms with Crippen LogP contribution in [-0.4, -0.2) is 51.3 Å². The fourth-order valence-electron chi connectivity index (χ4n) is 1.66. The summed E-state index contributed by atoms with van der Waals surface area (Å²) >= 11 is 0. The minimum atomic E-state index is -0.677. The molecule has 0 fully saturated rings. The second-order valence-corrected chi connectivity index (χ2v) is 4.48. The van der Waals surface area contributed by atoms with Crippen LogP contribution in [0.15, 0.2) is 18.2 Å². The normalized spacial score (nSPS) is 13.8. The number of hydrogen-bond acceptors (Lipinski definition) is 5. The van der Waals surface area contributed by atoms with Crippen molar-refractivity contribution < 1.29 is 23.7 Å². The molecule has 0 heterocycles. The van der Waals surface area contributed by atoms with E-state index in [1.54, 1.807) is 13.2 Å². The maximum absolute atomic E-state index is 13.0. The molecule has 114 valence electrons. The summed E-state index contributed by atoms with van der Waals surface area (Å²) in [5, 5.41) is 12.8. The lowest BCUT2D eigenvalue weighted by atomic mass is 10.2. The Morgan fingerprint density at radius 1 is 1.30 bits per heavy atom. The van der Waals surface area contributed by atoms with Crippen LogP contribution in [0.3, 0.4) is 0 Å². The van der Waals surface area contributed by atoms with E-state index in [9.17, 15) is 9.50 Å². The van der Waals surface area contributed by atoms with E-state index in [-0.39, 0.29) is 25.1 Å². The zero-order chi connectivity index (χ0) is 15.0. The van der Waals surface area contributed by atoms with Gasteiger partial charge in [0.15, 0.2) is 0 Å². The van der Waals surface area contributed by atoms with Crippen LogP contribution in [0.1, 0.15) is 6.92 Å². The van der Waals surface area contributed by atoms with Crippen LogP contribution in [0.25, 0.3) is 0 Å². The molecule has 0 aliphatic carbocycles. The van der Waals surface area contributed by atoms with Crippen LogP contribution >= 0.6 is 0 Å². The highest BCUT2D eigenvalue weighted by atomic mass is 19.1. The third kappa shape index (κ3) is 5.73. The lowest BCUT2D eigenvalue weighted by molar-refractivity contribution is -0.0282. The van der Waals surface area contributed by atoms with Gasteiger partial charge in [0.05, 0.1) is 38.2 Å². The zero-order valence-corrected chi connectivity index (χ0v) is 12.1. The molecule has 0 aromatic heterocycles. The van der Waals surface area contributed by atoms with Crippen LogP contribution in [-0.2, 0) is 9.47 Å². The van der Waals surface area contributed by atoms with Gasteiger partial charge in [0.1, 0.15) is 11.6 Å². The summed E-state index contributed by atoms with van der Waals surface area (Å²) in [6, 6.07) is 4.18. The standard InChI is InChI=1S/C14H22FNO4/c1-10(8-18-2)20-9-12(17)7-16-13-5-4-11(15)6-14(13)19-3/h4-6,10,12,16-17H,7-9H2,1-3H3. The molecule has 20 heavy (non-hydrogen) atoms. The van der Waals surface area contributed by atoms with E-state index in [2.05, 4.69) is 5.32 Å². The van der Waals surface area contributed by atoms with Crippen molar-refractivity contribution in [1.82, 2.24) is 0 Å². The maximum Gasteiger partial charge on any atom is 0.144 e. The van der Waals surface area contributed by atoms with Gasteiger partial charge in [-0.05, 0) is 19.1 Å². The molecule has 6 heteroatoms. The molecule has 1 aromatic carbocycles. The number of methoxy groups -OCH3 is 2. The molecular formula is C14H22FNO4. The van der Waals surface area contributed by atoms with E-state index >= 15 is 0 Å². The number of hydrogen-bond donors (Lipinski definition) is 2. The third-order valence-electron chi connectivity index (χ3n) is 2.67. The Morgan fingerprint density at radius 2 is 2.05 bits per heavy atom. The van der Waals surface area contributed by atoms with Gasteiger partial charge < -0.3 is 24.6 Å². The van der Waals surface area contributed by atoms with Gasteiger partial charge in [-0.2, -0.15) is 0 Å². The minimum absolute atomic E-state index is 0.0741. The summed E-state index contributed by atoms with van der Waals surface area (Å²) in [5.74, 6) is 0.0236. The molecular weight excluding hydrogens is 265 g/mol. The first-order valence-corrected chi connectivity index (χ1v) is 6.42. The largest absolute Gasteiger partial charge is 0.494 e. The number of halogens is 1. The lowest BCUT2D eigenvalue weighted by Crippen LogP contribution is -2.28. The molecule has 0 aliphatic rings. The molecule has 2 N–H and O–H groups in total. The van der Waals surface area contributed by atoms with E-state index in [4.69, 9.17) is 14.2 Å². The van der Waals surface area contributed by atoms with Gasteiger partial charge >= 0.3 is 0 Å². The van der Waals surface area contributed by atoms with Gasteiger partial charge in [-0.3, -0.25) is 0 Å². The highest BCUT2D eigenvalue weighted by molar-refractivity contribution is 5.56. The van der Waals surface area contributed by atoms with Gasteiger partial charge in [-0.1, -0.05) is 0 Å². The van der Waals surface area contributed by atoms with Gasteiger partial charge in [-0.25, -0.2) is 4.39 Å². The van der Waals surface area contributed by atoms with E-state index in [1.165, 1.54) is 19.2 Å². The van der Waals surface area contributed by atoms with Crippen molar-refractivity contribution in [1.29, 1.82) is 0 Å². The number of ether oxygens (including phenoxy) is 3. The molecule has 2 atom stereocenters. The molecule has 0 saturated heterocycles. The number of anilines is 1. The molecule has 0 saturated carbocycles. The minimum Gasteiger partial charge on any atom is -0.494 e. The first-order valence-electron chi connectivity index (χ1n) is 6.42. The molecule has 0 spiro atoms. The van der Waals surface area contributed by atoms with Crippen LogP contribution in [0.4, 0.5) is 10.1 Å². The van der Waals surface area contributed by atoms with Crippen molar-refractivity contribution in [2.45, 2.75) is 19.1 Å². The summed E-state index contributed by atoms with van der Waals surface area (Å²) in [4.78, 5) is 0. The SMILES string of the molecule is COCC(C)OCC(O)CNc1ccc(F)cc1OC. The van der Waals surface area contributed by atoms with E-state index in [1.807, 2.05) is 6.92 Å². The molecule has 0 bridgehead atoms. The number of nitrogens with one attached hydrogen (secondary N) is 1. The van der Waals surface area contributed by atoms with Crippen molar-refractivity contribution in [3.8, 4) is 5.75 Å². The Labute approximate surface area is 118 Å². The van der Waals surface area contributed by atoms with Crippen LogP contribution < -0.4 is 10.1 Å². The molecule has 1 aromatic rings. The predicted molar refractivity (Wildman–Crippen MR) is 74.7 cm³/mol. The Balaban J connectivity index is 2.39. The average Bonchev–Trinajstić information content (AvgIpc) is 2.44. The number of aliphatic hydroxyl groups excluding tert-OH is 1. The van der Waals surface area contributed by atoms with E-state index in [0.29, 0.717) is 18.0 Å². The van der Waals surface area contributed by atoms with Crippen LogP contribution in [0.2, 0.25) is 0 Å². The molecule has 0 radical (unpaired) electrons. The van der Waals surface area contributed by atoms with Gasteiger partial charge in [0.2, 0.25) is 0 Å². The first-order chi connectivity index (χ1) is 9.56. The Bertz CT molecular complexity index is 403. The van der Waals surface area contributed by atoms with Crippen LogP contribution in [0, 0.1) is 5.82 Å². The van der Waals surface area contributed by atoms with Crippen molar-refractivity contribution in [3.05, 3.63) is 24.0 Å². The quantitative estimate of drug-likeness (QED) is 0.723. The molecule has 1 rings (SSSR count). The summed E-state index contributed by atoms with van der Waals surface area (Å²) in [5.41, 5.74) is 0.623. The lowest BCUT2D eigenvalue weighted by Gasteiger charge is -2.17. The Hall–Kier alpha value is -1.37. The molecule has 5 nitrogen and oxygen atoms in total. The smallest absolute Gasteiger partial charge is 0.144 e. The monoisotopic (exact) mass is 287 g/mol. The highest BCUT2D eigenvalue weighted by Crippen LogP contribution is 2.24. The summed E-state index contributed by atoms with van der Waals surface area (Å²) < 4.78 is 28.4. The molecule has 2 unspecified atom stereocenters. The fraction of sp³-hybridized carbons (Fsp3) is 0.571. The van der Waals surface area contributed by atoms with Gasteiger partial charge in [-0.15, -0.1) is 0 Å². The predicted octanol–water partition coefficient (Wildman–Crippen LogP) is 1.66. The Kier molecular flexibility index (Phi) is 7.28. The maximum atomic E-state index is 13.0. The molecule has 0 amide bonds. The average molecular weight is 287 g/mol. The number of aliphatic hydroxyl groups is 1. The topological polar surface area (TPSA) is 60.0 Å². The van der Waals surface area contributed by atoms with Gasteiger partial charge in [0.25, 0.3) is 0 Å². The summed E-state index contributed by atoms with van der Waals surface area (Å²) in [7, 11) is 3.06. The fourth-order valence-corrected chi connectivity index (χ4v) is 1.66. The highest BCUT2D eigenvalue weighted by Gasteiger charge is 2.10. The molecule has 0 aliphatic heterocycles. The second-order valence-electron chi connectivity index (χ2n) is 4.48. The second kappa shape index (κ2) is 8.73. The first kappa shape index (κ1) is 16.7. The summed E-state index contributed by atoms with van der Waals surface area (Å²) in [6.07, 6.45) is -0.751. The summed E-state index contributed by atoms with van der Waals surface area (Å²) in [6.45, 7) is 2.82. The zero-order valence-electron chi connectivity index (χ0n) is 12.1. The van der Waals surface area contributed by atoms with E-state index < -0.39 is 6.10 Å². The van der Waals surface area contributed by atoms with Crippen molar-refractivity contribution in [2.75, 3.05) is 39.3 Å². The third-order valence-corrected chi connectivity index (χ3v) is 2.67. The number of rotatable bonds is 9.